The lowest BCUT2D eigenvalue weighted by atomic mass is 9.70. The summed E-state index contributed by atoms with van der Waals surface area (Å²) in [5.74, 6) is 1.19. The molecule has 3 heteroatoms. The number of benzene rings is 3. The smallest absolute Gasteiger partial charge is 0.135 e. The van der Waals surface area contributed by atoms with E-state index in [-0.39, 0.29) is 16.9 Å². The maximum absolute atomic E-state index is 7.13. The van der Waals surface area contributed by atoms with Gasteiger partial charge in [0.1, 0.15) is 18.7 Å². The van der Waals surface area contributed by atoms with Gasteiger partial charge in [0, 0.05) is 35.9 Å². The van der Waals surface area contributed by atoms with Gasteiger partial charge in [0.25, 0.3) is 0 Å². The Labute approximate surface area is 265 Å². The molecule has 0 N–H and O–H groups in total. The van der Waals surface area contributed by atoms with Gasteiger partial charge in [-0.15, -0.1) is 6.58 Å². The van der Waals surface area contributed by atoms with Gasteiger partial charge in [-0.1, -0.05) is 102 Å². The first kappa shape index (κ1) is 30.7. The maximum atomic E-state index is 7.13. The van der Waals surface area contributed by atoms with Crippen LogP contribution in [0.4, 0.5) is 0 Å². The van der Waals surface area contributed by atoms with E-state index in [1.54, 1.807) is 0 Å². The topological polar surface area (TPSA) is 22.1 Å². The summed E-state index contributed by atoms with van der Waals surface area (Å²) in [5.41, 5.74) is 8.02. The van der Waals surface area contributed by atoms with E-state index in [0.717, 1.165) is 29.5 Å². The highest BCUT2D eigenvalue weighted by molar-refractivity contribution is 5.82. The van der Waals surface area contributed by atoms with Gasteiger partial charge in [-0.05, 0) is 63.3 Å². The summed E-state index contributed by atoms with van der Waals surface area (Å²) in [5, 5.41) is 1.21. The molecule has 3 saturated heterocycles. The van der Waals surface area contributed by atoms with E-state index in [4.69, 9.17) is 9.72 Å². The lowest BCUT2D eigenvalue weighted by molar-refractivity contribution is -0.985. The van der Waals surface area contributed by atoms with Gasteiger partial charge < -0.3 is 9.22 Å². The van der Waals surface area contributed by atoms with Crippen LogP contribution in [0.3, 0.4) is 0 Å². The fourth-order valence-corrected chi connectivity index (χ4v) is 7.91. The zero-order chi connectivity index (χ0) is 31.1. The Morgan fingerprint density at radius 2 is 1.57 bits per heavy atom. The molecule has 0 radical (unpaired) electrons. The van der Waals surface area contributed by atoms with E-state index < -0.39 is 0 Å². The standard InChI is InChI=1S/C41H51N2O/c1-8-31-27-43(26-30-22-33(40(2,3)4)25-34(23-30)41(5,6)7)21-19-32(31)24-38(43)39(44-28-29-14-10-9-11-15-29)36-18-20-42-37-17-13-12-16-35(36)37/h8-18,20,22-23,25,31-32,38-39H,1,19,21,24,26-28H2,2-7H3/q+1/t31-,32-,38+,39-,43+/m0/s1. The third-order valence-corrected chi connectivity index (χ3v) is 10.5. The Morgan fingerprint density at radius 1 is 0.886 bits per heavy atom. The molecule has 0 amide bonds. The van der Waals surface area contributed by atoms with Crippen LogP contribution in [0.15, 0.2) is 97.7 Å². The predicted octanol–water partition coefficient (Wildman–Crippen LogP) is 9.70. The van der Waals surface area contributed by atoms with Crippen molar-refractivity contribution >= 4 is 10.9 Å². The summed E-state index contributed by atoms with van der Waals surface area (Å²) < 4.78 is 8.17. The van der Waals surface area contributed by atoms with Crippen molar-refractivity contribution in [3.8, 4) is 0 Å². The fraction of sp³-hybridized carbons (Fsp3) is 0.439. The van der Waals surface area contributed by atoms with Crippen molar-refractivity contribution in [1.82, 2.24) is 4.98 Å². The summed E-state index contributed by atoms with van der Waals surface area (Å²) in [7, 11) is 0. The van der Waals surface area contributed by atoms with Crippen LogP contribution >= 0.6 is 0 Å². The van der Waals surface area contributed by atoms with Gasteiger partial charge in [0.05, 0.1) is 25.2 Å². The third kappa shape index (κ3) is 6.14. The van der Waals surface area contributed by atoms with Gasteiger partial charge in [-0.3, -0.25) is 4.98 Å². The number of quaternary nitrogens is 1. The van der Waals surface area contributed by atoms with Gasteiger partial charge in [0.15, 0.2) is 0 Å². The number of nitrogens with zero attached hydrogens (tertiary/aromatic N) is 2. The molecule has 4 aromatic rings. The molecule has 0 aliphatic carbocycles. The third-order valence-electron chi connectivity index (χ3n) is 10.5. The summed E-state index contributed by atoms with van der Waals surface area (Å²) in [6.45, 7) is 22.3. The molecule has 3 aromatic carbocycles. The molecule has 7 rings (SSSR count). The van der Waals surface area contributed by atoms with E-state index in [9.17, 15) is 0 Å². The van der Waals surface area contributed by atoms with Crippen LogP contribution in [-0.2, 0) is 28.7 Å². The van der Waals surface area contributed by atoms with Crippen molar-refractivity contribution in [3.05, 3.63) is 126 Å². The van der Waals surface area contributed by atoms with Crippen LogP contribution < -0.4 is 0 Å². The Bertz CT molecular complexity index is 1570. The average Bonchev–Trinajstić information content (AvgIpc) is 3.01. The lowest BCUT2D eigenvalue weighted by Crippen LogP contribution is -2.67. The lowest BCUT2D eigenvalue weighted by Gasteiger charge is -2.58. The number of piperidine rings is 3. The minimum atomic E-state index is -0.0374. The summed E-state index contributed by atoms with van der Waals surface area (Å²) in [4.78, 5) is 4.74. The molecule has 1 aromatic heterocycles. The van der Waals surface area contributed by atoms with Gasteiger partial charge in [-0.25, -0.2) is 0 Å². The van der Waals surface area contributed by atoms with Crippen molar-refractivity contribution in [2.45, 2.75) is 90.5 Å². The second-order valence-corrected chi connectivity index (χ2v) is 15.6. The van der Waals surface area contributed by atoms with E-state index in [1.165, 1.54) is 46.2 Å². The molecule has 3 fully saturated rings. The van der Waals surface area contributed by atoms with Crippen molar-refractivity contribution in [2.24, 2.45) is 11.8 Å². The molecule has 5 atom stereocenters. The van der Waals surface area contributed by atoms with Crippen LogP contribution in [0, 0.1) is 11.8 Å². The number of hydrogen-bond acceptors (Lipinski definition) is 2. The molecule has 0 spiro atoms. The first-order valence-electron chi connectivity index (χ1n) is 16.6. The Kier molecular flexibility index (Phi) is 8.32. The SMILES string of the molecule is C=C[C@H]1C[N@+]2(Cc3cc(C(C)(C)C)cc(C(C)(C)C)c3)CC[C@H]1C[C@@H]2[C@@H](OCc1ccccc1)c1ccnc2ccccc12. The zero-order valence-corrected chi connectivity index (χ0v) is 27.7. The molecule has 0 saturated carbocycles. The van der Waals surface area contributed by atoms with E-state index in [1.807, 2.05) is 6.20 Å². The average molecular weight is 588 g/mol. The first-order chi connectivity index (χ1) is 21.0. The Balaban J connectivity index is 1.47. The monoisotopic (exact) mass is 587 g/mol. The highest BCUT2D eigenvalue weighted by atomic mass is 16.5. The molecule has 3 nitrogen and oxygen atoms in total. The fourth-order valence-electron chi connectivity index (χ4n) is 7.91. The maximum Gasteiger partial charge on any atom is 0.135 e. The second kappa shape index (κ2) is 11.9. The van der Waals surface area contributed by atoms with Crippen LogP contribution in [0.25, 0.3) is 10.9 Å². The largest absolute Gasteiger partial charge is 0.363 e. The minimum Gasteiger partial charge on any atom is -0.363 e. The van der Waals surface area contributed by atoms with E-state index in [0.29, 0.717) is 24.5 Å². The number of para-hydroxylation sites is 1. The molecule has 0 unspecified atom stereocenters. The van der Waals surface area contributed by atoms with E-state index >= 15 is 0 Å². The molecule has 44 heavy (non-hydrogen) atoms. The number of hydrogen-bond donors (Lipinski definition) is 0. The van der Waals surface area contributed by atoms with Crippen LogP contribution in [0.1, 0.15) is 88.3 Å². The molecule has 230 valence electrons. The van der Waals surface area contributed by atoms with Crippen molar-refractivity contribution in [2.75, 3.05) is 13.1 Å². The number of rotatable bonds is 8. The minimum absolute atomic E-state index is 0.0374. The van der Waals surface area contributed by atoms with Gasteiger partial charge in [-0.2, -0.15) is 0 Å². The molecular formula is C41H51N2O+. The summed E-state index contributed by atoms with van der Waals surface area (Å²) >= 11 is 0. The van der Waals surface area contributed by atoms with Gasteiger partial charge >= 0.3 is 0 Å². The second-order valence-electron chi connectivity index (χ2n) is 15.6. The molecule has 4 heterocycles. The van der Waals surface area contributed by atoms with Crippen molar-refractivity contribution in [1.29, 1.82) is 0 Å². The van der Waals surface area contributed by atoms with Crippen LogP contribution in [-0.4, -0.2) is 28.6 Å². The normalized spacial score (nSPS) is 24.4. The molecule has 2 bridgehead atoms. The molecular weight excluding hydrogens is 536 g/mol. The number of ether oxygens (including phenoxy) is 1. The Morgan fingerprint density at radius 3 is 2.25 bits per heavy atom. The summed E-state index contributed by atoms with van der Waals surface area (Å²) in [6, 6.07) is 29.3. The number of aromatic nitrogens is 1. The van der Waals surface area contributed by atoms with Gasteiger partial charge in [0.2, 0.25) is 0 Å². The predicted molar refractivity (Wildman–Crippen MR) is 183 cm³/mol. The highest BCUT2D eigenvalue weighted by Crippen LogP contribution is 2.49. The zero-order valence-electron chi connectivity index (χ0n) is 27.7. The number of pyridine rings is 1. The highest BCUT2D eigenvalue weighted by Gasteiger charge is 2.54. The van der Waals surface area contributed by atoms with Crippen molar-refractivity contribution in [3.63, 3.8) is 0 Å². The van der Waals surface area contributed by atoms with Crippen LogP contribution in [0.5, 0.6) is 0 Å². The Hall–Kier alpha value is -3.27. The summed E-state index contributed by atoms with van der Waals surface area (Å²) in [6.07, 6.45) is 6.59. The molecule has 3 aliphatic heterocycles. The number of fused-ring (bicyclic) bond motifs is 4. The molecule has 3 aliphatic rings. The first-order valence-corrected chi connectivity index (χ1v) is 16.6. The van der Waals surface area contributed by atoms with Crippen molar-refractivity contribution < 1.29 is 9.22 Å². The quantitative estimate of drug-likeness (QED) is 0.151. The van der Waals surface area contributed by atoms with Crippen LogP contribution in [0.2, 0.25) is 0 Å². The van der Waals surface area contributed by atoms with E-state index in [2.05, 4.69) is 133 Å².